The third kappa shape index (κ3) is 2.93. The van der Waals surface area contributed by atoms with Gasteiger partial charge in [0.2, 0.25) is 5.91 Å². The van der Waals surface area contributed by atoms with E-state index in [2.05, 4.69) is 47.0 Å². The van der Waals surface area contributed by atoms with Crippen LogP contribution < -0.4 is 0 Å². The highest BCUT2D eigenvalue weighted by Gasteiger charge is 2.50. The number of carbonyl (C=O) groups is 1. The van der Waals surface area contributed by atoms with Gasteiger partial charge in [0.05, 0.1) is 6.61 Å². The Bertz CT molecular complexity index is 800. The largest absolute Gasteiger partial charge is 0.383 e. The minimum atomic E-state index is -0.294. The number of methoxy groups -OCH3 is 1. The summed E-state index contributed by atoms with van der Waals surface area (Å²) in [6.07, 6.45) is 6.27. The van der Waals surface area contributed by atoms with E-state index in [1.165, 1.54) is 16.5 Å². The van der Waals surface area contributed by atoms with Crippen LogP contribution in [0.3, 0.4) is 0 Å². The number of benzene rings is 1. The summed E-state index contributed by atoms with van der Waals surface area (Å²) in [6.45, 7) is 4.06. The van der Waals surface area contributed by atoms with E-state index in [4.69, 9.17) is 4.74 Å². The molecular formula is C21H29N3O2. The zero-order chi connectivity index (χ0) is 18.1. The second-order valence-corrected chi connectivity index (χ2v) is 7.77. The van der Waals surface area contributed by atoms with Gasteiger partial charge in [-0.15, -0.1) is 0 Å². The SMILES string of the molecule is COCCN1CCCC2(CCCN2Cc2ccc3c(ccn3C)c2)C1=O. The van der Waals surface area contributed by atoms with Crippen molar-refractivity contribution in [2.24, 2.45) is 7.05 Å². The zero-order valence-electron chi connectivity index (χ0n) is 15.9. The van der Waals surface area contributed by atoms with Gasteiger partial charge in [0.1, 0.15) is 5.54 Å². The summed E-state index contributed by atoms with van der Waals surface area (Å²) < 4.78 is 7.35. The topological polar surface area (TPSA) is 37.7 Å². The zero-order valence-corrected chi connectivity index (χ0v) is 15.9. The van der Waals surface area contributed by atoms with Gasteiger partial charge < -0.3 is 14.2 Å². The first-order valence-electron chi connectivity index (χ1n) is 9.71. The van der Waals surface area contributed by atoms with Crippen LogP contribution in [0.5, 0.6) is 0 Å². The molecule has 4 rings (SSSR count). The Morgan fingerprint density at radius 3 is 2.77 bits per heavy atom. The minimum Gasteiger partial charge on any atom is -0.383 e. The van der Waals surface area contributed by atoms with E-state index in [9.17, 15) is 4.79 Å². The summed E-state index contributed by atoms with van der Waals surface area (Å²) in [4.78, 5) is 17.8. The number of likely N-dealkylation sites (tertiary alicyclic amines) is 2. The molecule has 0 radical (unpaired) electrons. The number of hydrogen-bond donors (Lipinski definition) is 0. The van der Waals surface area contributed by atoms with Crippen LogP contribution in [0.15, 0.2) is 30.5 Å². The van der Waals surface area contributed by atoms with Crippen molar-refractivity contribution in [1.29, 1.82) is 0 Å². The molecule has 0 bridgehead atoms. The molecule has 1 aromatic heterocycles. The van der Waals surface area contributed by atoms with E-state index >= 15 is 0 Å². The summed E-state index contributed by atoms with van der Waals surface area (Å²) in [6, 6.07) is 8.85. The Hall–Kier alpha value is -1.85. The molecule has 26 heavy (non-hydrogen) atoms. The molecule has 0 aliphatic carbocycles. The maximum atomic E-state index is 13.3. The maximum Gasteiger partial charge on any atom is 0.243 e. The molecule has 5 nitrogen and oxygen atoms in total. The molecule has 2 saturated heterocycles. The molecule has 2 fully saturated rings. The Balaban J connectivity index is 1.55. The van der Waals surface area contributed by atoms with Crippen molar-refractivity contribution in [3.05, 3.63) is 36.0 Å². The van der Waals surface area contributed by atoms with Gasteiger partial charge in [0.15, 0.2) is 0 Å². The summed E-state index contributed by atoms with van der Waals surface area (Å²) in [7, 11) is 3.78. The van der Waals surface area contributed by atoms with Crippen LogP contribution in [0.25, 0.3) is 10.9 Å². The normalized spacial score (nSPS) is 24.2. The first-order chi connectivity index (χ1) is 12.6. The van der Waals surface area contributed by atoms with Crippen LogP contribution in [-0.4, -0.2) is 59.2 Å². The number of ether oxygens (including phenoxy) is 1. The van der Waals surface area contributed by atoms with E-state index in [0.29, 0.717) is 19.1 Å². The van der Waals surface area contributed by atoms with Gasteiger partial charge in [-0.3, -0.25) is 9.69 Å². The summed E-state index contributed by atoms with van der Waals surface area (Å²) in [5.41, 5.74) is 2.26. The fraction of sp³-hybridized carbons (Fsp3) is 0.571. The number of piperidine rings is 1. The quantitative estimate of drug-likeness (QED) is 0.828. The average Bonchev–Trinajstić information content (AvgIpc) is 3.21. The number of aryl methyl sites for hydroxylation is 1. The van der Waals surface area contributed by atoms with Gasteiger partial charge in [-0.05, 0) is 61.4 Å². The molecule has 140 valence electrons. The van der Waals surface area contributed by atoms with E-state index in [-0.39, 0.29) is 5.54 Å². The fourth-order valence-corrected chi connectivity index (χ4v) is 4.82. The molecule has 1 spiro atoms. The lowest BCUT2D eigenvalue weighted by atomic mass is 9.85. The lowest BCUT2D eigenvalue weighted by Crippen LogP contribution is -2.60. The Kier molecular flexibility index (Phi) is 4.76. The Labute approximate surface area is 155 Å². The molecule has 1 aromatic carbocycles. The van der Waals surface area contributed by atoms with Crippen molar-refractivity contribution < 1.29 is 9.53 Å². The van der Waals surface area contributed by atoms with Gasteiger partial charge >= 0.3 is 0 Å². The van der Waals surface area contributed by atoms with Gasteiger partial charge in [-0.1, -0.05) is 6.07 Å². The highest BCUT2D eigenvalue weighted by Crippen LogP contribution is 2.39. The van der Waals surface area contributed by atoms with Gasteiger partial charge in [-0.2, -0.15) is 0 Å². The molecule has 1 unspecified atom stereocenters. The lowest BCUT2D eigenvalue weighted by molar-refractivity contribution is -0.148. The smallest absolute Gasteiger partial charge is 0.243 e. The number of fused-ring (bicyclic) bond motifs is 1. The second-order valence-electron chi connectivity index (χ2n) is 7.77. The molecule has 2 aliphatic rings. The van der Waals surface area contributed by atoms with Crippen LogP contribution >= 0.6 is 0 Å². The molecule has 2 aromatic rings. The van der Waals surface area contributed by atoms with Crippen molar-refractivity contribution in [3.63, 3.8) is 0 Å². The monoisotopic (exact) mass is 355 g/mol. The third-order valence-corrected chi connectivity index (χ3v) is 6.22. The van der Waals surface area contributed by atoms with Crippen molar-refractivity contribution >= 4 is 16.8 Å². The van der Waals surface area contributed by atoms with Gasteiger partial charge in [-0.25, -0.2) is 0 Å². The van der Waals surface area contributed by atoms with Crippen molar-refractivity contribution in [3.8, 4) is 0 Å². The number of nitrogens with zero attached hydrogens (tertiary/aromatic N) is 3. The van der Waals surface area contributed by atoms with E-state index in [0.717, 1.165) is 45.3 Å². The molecule has 5 heteroatoms. The van der Waals surface area contributed by atoms with Crippen LogP contribution in [0.2, 0.25) is 0 Å². The number of hydrogen-bond acceptors (Lipinski definition) is 3. The predicted octanol–water partition coefficient (Wildman–Crippen LogP) is 2.78. The second kappa shape index (κ2) is 7.05. The number of rotatable bonds is 5. The summed E-state index contributed by atoms with van der Waals surface area (Å²) in [5.74, 6) is 0.319. The third-order valence-electron chi connectivity index (χ3n) is 6.22. The first kappa shape index (κ1) is 17.6. The lowest BCUT2D eigenvalue weighted by Gasteiger charge is -2.44. The Morgan fingerprint density at radius 1 is 1.15 bits per heavy atom. The van der Waals surface area contributed by atoms with E-state index < -0.39 is 0 Å². The Morgan fingerprint density at radius 2 is 1.96 bits per heavy atom. The minimum absolute atomic E-state index is 0.294. The molecular weight excluding hydrogens is 326 g/mol. The van der Waals surface area contributed by atoms with Crippen LogP contribution in [0, 0.1) is 0 Å². The molecule has 0 saturated carbocycles. The molecule has 1 amide bonds. The van der Waals surface area contributed by atoms with E-state index in [1.54, 1.807) is 7.11 Å². The molecule has 1 atom stereocenters. The van der Waals surface area contributed by atoms with Crippen LogP contribution in [0.1, 0.15) is 31.2 Å². The first-order valence-corrected chi connectivity index (χ1v) is 9.71. The van der Waals surface area contributed by atoms with Gasteiger partial charge in [0.25, 0.3) is 0 Å². The van der Waals surface area contributed by atoms with Crippen LogP contribution in [0.4, 0.5) is 0 Å². The average molecular weight is 355 g/mol. The molecule has 3 heterocycles. The van der Waals surface area contributed by atoms with Crippen LogP contribution in [-0.2, 0) is 23.1 Å². The predicted molar refractivity (Wildman–Crippen MR) is 103 cm³/mol. The van der Waals surface area contributed by atoms with Crippen molar-refractivity contribution in [1.82, 2.24) is 14.4 Å². The van der Waals surface area contributed by atoms with Gasteiger partial charge in [0, 0.05) is 45.5 Å². The molecule has 0 N–H and O–H groups in total. The fourth-order valence-electron chi connectivity index (χ4n) is 4.82. The summed E-state index contributed by atoms with van der Waals surface area (Å²) >= 11 is 0. The molecule has 2 aliphatic heterocycles. The van der Waals surface area contributed by atoms with E-state index in [1.807, 2.05) is 4.90 Å². The maximum absolute atomic E-state index is 13.3. The van der Waals surface area contributed by atoms with Crippen molar-refractivity contribution in [2.75, 3.05) is 33.4 Å². The standard InChI is InChI=1S/C21H29N3O2/c1-22-12-7-18-15-17(5-6-19(18)22)16-24-11-4-9-21(24)8-3-10-23(20(21)25)13-14-26-2/h5-7,12,15H,3-4,8-11,13-14,16H2,1-2H3. The number of amides is 1. The highest BCUT2D eigenvalue weighted by atomic mass is 16.5. The highest BCUT2D eigenvalue weighted by molar-refractivity contribution is 5.87. The van der Waals surface area contributed by atoms with Crippen molar-refractivity contribution in [2.45, 2.75) is 37.8 Å². The summed E-state index contributed by atoms with van der Waals surface area (Å²) in [5, 5.41) is 1.27. The number of carbonyl (C=O) groups excluding carboxylic acids is 1. The number of aromatic nitrogens is 1.